The van der Waals surface area contributed by atoms with Gasteiger partial charge >= 0.3 is 0 Å². The molecule has 0 atom stereocenters. The van der Waals surface area contributed by atoms with Gasteiger partial charge in [0, 0.05) is 18.5 Å². The first-order valence-corrected chi connectivity index (χ1v) is 6.66. The summed E-state index contributed by atoms with van der Waals surface area (Å²) in [5, 5.41) is 8.78. The molecule has 0 aliphatic carbocycles. The summed E-state index contributed by atoms with van der Waals surface area (Å²) in [4.78, 5) is 6.86. The minimum absolute atomic E-state index is 0.0720. The van der Waals surface area contributed by atoms with E-state index in [4.69, 9.17) is 16.1 Å². The van der Waals surface area contributed by atoms with Crippen molar-refractivity contribution in [2.24, 2.45) is 5.73 Å². The molecule has 0 saturated carbocycles. The van der Waals surface area contributed by atoms with Gasteiger partial charge < -0.3 is 10.6 Å². The van der Waals surface area contributed by atoms with E-state index in [0.29, 0.717) is 5.56 Å². The van der Waals surface area contributed by atoms with Crippen LogP contribution in [-0.4, -0.2) is 23.9 Å². The van der Waals surface area contributed by atoms with E-state index >= 15 is 0 Å². The molecule has 0 aliphatic heterocycles. The van der Waals surface area contributed by atoms with Gasteiger partial charge in [-0.2, -0.15) is 0 Å². The quantitative estimate of drug-likeness (QED) is 0.638. The molecule has 0 fully saturated rings. The molecular formula is C15H20N4. The van der Waals surface area contributed by atoms with Gasteiger partial charge in [0.05, 0.1) is 11.1 Å². The van der Waals surface area contributed by atoms with Gasteiger partial charge in [0.2, 0.25) is 0 Å². The van der Waals surface area contributed by atoms with Crippen molar-refractivity contribution in [2.75, 3.05) is 18.0 Å². The molecule has 100 valence electrons. The van der Waals surface area contributed by atoms with Crippen molar-refractivity contribution in [2.45, 2.75) is 20.3 Å². The molecule has 1 aromatic heterocycles. The number of fused-ring (bicyclic) bond motifs is 1. The highest BCUT2D eigenvalue weighted by Gasteiger charge is 2.14. The number of rotatable bonds is 5. The number of nitrogens with one attached hydrogen (secondary N) is 1. The van der Waals surface area contributed by atoms with Crippen LogP contribution in [0.1, 0.15) is 25.8 Å². The molecular weight excluding hydrogens is 236 g/mol. The van der Waals surface area contributed by atoms with Gasteiger partial charge in [-0.15, -0.1) is 0 Å². The van der Waals surface area contributed by atoms with E-state index in [1.165, 1.54) is 0 Å². The number of anilines is 1. The van der Waals surface area contributed by atoms with Crippen molar-refractivity contribution in [3.63, 3.8) is 0 Å². The lowest BCUT2D eigenvalue weighted by Crippen LogP contribution is -2.28. The molecule has 1 heterocycles. The maximum atomic E-state index is 7.76. The van der Waals surface area contributed by atoms with Crippen LogP contribution in [0.25, 0.3) is 10.9 Å². The van der Waals surface area contributed by atoms with Crippen LogP contribution < -0.4 is 10.6 Å². The molecule has 0 bridgehead atoms. The molecule has 2 aromatic rings. The SMILES string of the molecule is CCCN(CC)c1nc2ccccc2cc1C(=N)N. The Labute approximate surface area is 113 Å². The van der Waals surface area contributed by atoms with Crippen LogP contribution in [0.2, 0.25) is 0 Å². The van der Waals surface area contributed by atoms with Gasteiger partial charge in [0.15, 0.2) is 0 Å². The van der Waals surface area contributed by atoms with Crippen molar-refractivity contribution >= 4 is 22.6 Å². The highest BCUT2D eigenvalue weighted by Crippen LogP contribution is 2.23. The summed E-state index contributed by atoms with van der Waals surface area (Å²) < 4.78 is 0. The third-order valence-electron chi connectivity index (χ3n) is 3.17. The van der Waals surface area contributed by atoms with Gasteiger partial charge in [-0.1, -0.05) is 25.1 Å². The van der Waals surface area contributed by atoms with Crippen LogP contribution in [0.3, 0.4) is 0 Å². The van der Waals surface area contributed by atoms with Gasteiger partial charge in [-0.3, -0.25) is 5.41 Å². The van der Waals surface area contributed by atoms with Crippen molar-refractivity contribution in [3.05, 3.63) is 35.9 Å². The van der Waals surface area contributed by atoms with Crippen molar-refractivity contribution in [1.29, 1.82) is 5.41 Å². The van der Waals surface area contributed by atoms with Crippen LogP contribution >= 0.6 is 0 Å². The van der Waals surface area contributed by atoms with E-state index in [1.807, 2.05) is 30.3 Å². The first kappa shape index (κ1) is 13.3. The monoisotopic (exact) mass is 256 g/mol. The van der Waals surface area contributed by atoms with E-state index in [-0.39, 0.29) is 5.84 Å². The molecule has 0 radical (unpaired) electrons. The standard InChI is InChI=1S/C15H20N4/c1-3-9-19(4-2)15-12(14(16)17)10-11-7-5-6-8-13(11)18-15/h5-8,10H,3-4,9H2,1-2H3,(H3,16,17). The van der Waals surface area contributed by atoms with E-state index in [1.54, 1.807) is 0 Å². The number of para-hydroxylation sites is 1. The summed E-state index contributed by atoms with van der Waals surface area (Å²) in [5.41, 5.74) is 7.37. The summed E-state index contributed by atoms with van der Waals surface area (Å²) >= 11 is 0. The highest BCUT2D eigenvalue weighted by molar-refractivity contribution is 6.03. The molecule has 0 aliphatic rings. The van der Waals surface area contributed by atoms with Gasteiger partial charge in [-0.05, 0) is 25.5 Å². The van der Waals surface area contributed by atoms with Crippen molar-refractivity contribution in [3.8, 4) is 0 Å². The third kappa shape index (κ3) is 2.67. The average Bonchev–Trinajstić information content (AvgIpc) is 2.43. The van der Waals surface area contributed by atoms with E-state index < -0.39 is 0 Å². The molecule has 19 heavy (non-hydrogen) atoms. The van der Waals surface area contributed by atoms with Crippen LogP contribution in [0.15, 0.2) is 30.3 Å². The Hall–Kier alpha value is -2.10. The fraction of sp³-hybridized carbons (Fsp3) is 0.333. The van der Waals surface area contributed by atoms with Gasteiger partial charge in [0.1, 0.15) is 11.7 Å². The Balaban J connectivity index is 2.62. The zero-order chi connectivity index (χ0) is 13.8. The number of nitrogen functional groups attached to an aromatic ring is 1. The Morgan fingerprint density at radius 2 is 2.05 bits per heavy atom. The smallest absolute Gasteiger partial charge is 0.140 e. The number of nitrogens with zero attached hydrogens (tertiary/aromatic N) is 2. The molecule has 1 aromatic carbocycles. The fourth-order valence-corrected chi connectivity index (χ4v) is 2.23. The maximum Gasteiger partial charge on any atom is 0.140 e. The summed E-state index contributed by atoms with van der Waals surface area (Å²) in [6.45, 7) is 6.01. The van der Waals surface area contributed by atoms with Crippen LogP contribution in [0.5, 0.6) is 0 Å². The van der Waals surface area contributed by atoms with Crippen LogP contribution in [-0.2, 0) is 0 Å². The number of hydrogen-bond donors (Lipinski definition) is 2. The molecule has 3 N–H and O–H groups in total. The number of nitrogens with two attached hydrogens (primary N) is 1. The van der Waals surface area contributed by atoms with E-state index in [0.717, 1.165) is 36.2 Å². The molecule has 0 saturated heterocycles. The molecule has 0 amide bonds. The first-order valence-electron chi connectivity index (χ1n) is 6.66. The van der Waals surface area contributed by atoms with Crippen LogP contribution in [0.4, 0.5) is 5.82 Å². The normalized spacial score (nSPS) is 10.6. The molecule has 4 heteroatoms. The third-order valence-corrected chi connectivity index (χ3v) is 3.17. The summed E-state index contributed by atoms with van der Waals surface area (Å²) in [5.74, 6) is 0.887. The Morgan fingerprint density at radius 3 is 2.68 bits per heavy atom. The number of amidine groups is 1. The second-order valence-electron chi connectivity index (χ2n) is 4.55. The second kappa shape index (κ2) is 5.69. The largest absolute Gasteiger partial charge is 0.384 e. The minimum atomic E-state index is 0.0720. The second-order valence-corrected chi connectivity index (χ2v) is 4.55. The van der Waals surface area contributed by atoms with Crippen molar-refractivity contribution < 1.29 is 0 Å². The van der Waals surface area contributed by atoms with Gasteiger partial charge in [0.25, 0.3) is 0 Å². The predicted molar refractivity (Wildman–Crippen MR) is 80.9 cm³/mol. The lowest BCUT2D eigenvalue weighted by molar-refractivity contribution is 0.780. The Morgan fingerprint density at radius 1 is 1.32 bits per heavy atom. The summed E-state index contributed by atoms with van der Waals surface area (Å²) in [7, 11) is 0. The molecule has 0 unspecified atom stereocenters. The number of hydrogen-bond acceptors (Lipinski definition) is 3. The highest BCUT2D eigenvalue weighted by atomic mass is 15.2. The van der Waals surface area contributed by atoms with E-state index in [9.17, 15) is 0 Å². The zero-order valence-corrected chi connectivity index (χ0v) is 11.5. The van der Waals surface area contributed by atoms with E-state index in [2.05, 4.69) is 18.7 Å². The Kier molecular flexibility index (Phi) is 4.00. The topological polar surface area (TPSA) is 66.0 Å². The fourth-order valence-electron chi connectivity index (χ4n) is 2.23. The lowest BCUT2D eigenvalue weighted by Gasteiger charge is -2.24. The molecule has 0 spiro atoms. The predicted octanol–water partition coefficient (Wildman–Crippen LogP) is 2.76. The molecule has 2 rings (SSSR count). The summed E-state index contributed by atoms with van der Waals surface area (Å²) in [6, 6.07) is 9.88. The first-order chi connectivity index (χ1) is 9.17. The number of benzene rings is 1. The zero-order valence-electron chi connectivity index (χ0n) is 11.5. The number of pyridine rings is 1. The van der Waals surface area contributed by atoms with Crippen LogP contribution in [0, 0.1) is 5.41 Å². The maximum absolute atomic E-state index is 7.76. The van der Waals surface area contributed by atoms with Crippen molar-refractivity contribution in [1.82, 2.24) is 4.98 Å². The van der Waals surface area contributed by atoms with Gasteiger partial charge in [-0.25, -0.2) is 4.98 Å². The minimum Gasteiger partial charge on any atom is -0.384 e. The number of aromatic nitrogens is 1. The average molecular weight is 256 g/mol. The summed E-state index contributed by atoms with van der Waals surface area (Å²) in [6.07, 6.45) is 1.04. The molecule has 4 nitrogen and oxygen atoms in total. The Bertz CT molecular complexity index is 592. The lowest BCUT2D eigenvalue weighted by atomic mass is 10.1.